The minimum absolute atomic E-state index is 0.169. The molecule has 0 spiro atoms. The Balaban J connectivity index is 2.40. The Morgan fingerprint density at radius 2 is 1.85 bits per heavy atom. The molecule has 0 bridgehead atoms. The first-order chi connectivity index (χ1) is 9.29. The Morgan fingerprint density at radius 1 is 1.25 bits per heavy atom. The highest BCUT2D eigenvalue weighted by molar-refractivity contribution is 7.89. The Bertz CT molecular complexity index is 600. The third-order valence-electron chi connectivity index (χ3n) is 3.35. The molecule has 1 heterocycles. The van der Waals surface area contributed by atoms with Crippen molar-refractivity contribution in [1.29, 1.82) is 0 Å². The molecular formula is C13H18ClNO4S. The molecule has 1 aromatic rings. The molecule has 5 nitrogen and oxygen atoms in total. The van der Waals surface area contributed by atoms with Crippen molar-refractivity contribution in [2.75, 3.05) is 26.1 Å². The van der Waals surface area contributed by atoms with E-state index in [2.05, 4.69) is 0 Å². The molecule has 0 aromatic heterocycles. The molecule has 0 radical (unpaired) electrons. The van der Waals surface area contributed by atoms with E-state index in [-0.39, 0.29) is 10.8 Å². The van der Waals surface area contributed by atoms with Gasteiger partial charge in [-0.05, 0) is 26.0 Å². The van der Waals surface area contributed by atoms with Gasteiger partial charge in [0.1, 0.15) is 13.2 Å². The number of hydrogen-bond acceptors (Lipinski definition) is 4. The molecule has 0 aliphatic carbocycles. The van der Waals surface area contributed by atoms with Gasteiger partial charge in [0.05, 0.1) is 4.90 Å². The second kappa shape index (κ2) is 5.42. The fourth-order valence-electron chi connectivity index (χ4n) is 1.75. The first-order valence-electron chi connectivity index (χ1n) is 6.24. The quantitative estimate of drug-likeness (QED) is 0.797. The largest absolute Gasteiger partial charge is 0.486 e. The second-order valence-electron chi connectivity index (χ2n) is 5.22. The van der Waals surface area contributed by atoms with E-state index in [9.17, 15) is 8.42 Å². The average molecular weight is 320 g/mol. The van der Waals surface area contributed by atoms with E-state index in [1.165, 1.54) is 23.5 Å². The fourth-order valence-corrected chi connectivity index (χ4v) is 3.53. The van der Waals surface area contributed by atoms with Gasteiger partial charge in [0, 0.05) is 24.5 Å². The number of halogens is 1. The second-order valence-corrected chi connectivity index (χ2v) is 7.46. The Hall–Kier alpha value is -0.980. The Morgan fingerprint density at radius 3 is 2.45 bits per heavy atom. The SMILES string of the molecule is CN(C(C)(C)CCl)S(=O)(=O)c1ccc2c(c1)OCCO2. The van der Waals surface area contributed by atoms with Crippen LogP contribution in [0.4, 0.5) is 0 Å². The first kappa shape index (κ1) is 15.4. The van der Waals surface area contributed by atoms with Gasteiger partial charge < -0.3 is 9.47 Å². The molecule has 7 heteroatoms. The monoisotopic (exact) mass is 319 g/mol. The van der Waals surface area contributed by atoms with Gasteiger partial charge in [0.25, 0.3) is 0 Å². The lowest BCUT2D eigenvalue weighted by Gasteiger charge is -2.33. The van der Waals surface area contributed by atoms with E-state index in [0.717, 1.165) is 0 Å². The number of alkyl halides is 1. The van der Waals surface area contributed by atoms with Gasteiger partial charge in [-0.1, -0.05) is 0 Å². The number of ether oxygens (including phenoxy) is 2. The number of rotatable bonds is 4. The van der Waals surface area contributed by atoms with Crippen molar-refractivity contribution in [2.45, 2.75) is 24.3 Å². The minimum Gasteiger partial charge on any atom is -0.486 e. The van der Waals surface area contributed by atoms with Crippen molar-refractivity contribution in [1.82, 2.24) is 4.31 Å². The van der Waals surface area contributed by atoms with Gasteiger partial charge in [-0.2, -0.15) is 4.31 Å². The average Bonchev–Trinajstić information content (AvgIpc) is 2.45. The van der Waals surface area contributed by atoms with Crippen LogP contribution in [0.5, 0.6) is 11.5 Å². The highest BCUT2D eigenvalue weighted by Gasteiger charge is 2.34. The van der Waals surface area contributed by atoms with Crippen molar-refractivity contribution in [2.24, 2.45) is 0 Å². The molecule has 0 amide bonds. The van der Waals surface area contributed by atoms with Gasteiger partial charge >= 0.3 is 0 Å². The molecule has 0 N–H and O–H groups in total. The van der Waals surface area contributed by atoms with Crippen LogP contribution in [0.15, 0.2) is 23.1 Å². The van der Waals surface area contributed by atoms with Crippen LogP contribution < -0.4 is 9.47 Å². The third-order valence-corrected chi connectivity index (χ3v) is 6.07. The fraction of sp³-hybridized carbons (Fsp3) is 0.538. The summed E-state index contributed by atoms with van der Waals surface area (Å²) in [5, 5.41) is 0. The summed E-state index contributed by atoms with van der Waals surface area (Å²) in [5.74, 6) is 1.22. The molecule has 1 aliphatic rings. The topological polar surface area (TPSA) is 55.8 Å². The lowest BCUT2D eigenvalue weighted by atomic mass is 10.1. The molecule has 2 rings (SSSR count). The maximum atomic E-state index is 12.6. The molecular weight excluding hydrogens is 302 g/mol. The Labute approximate surface area is 124 Å². The maximum Gasteiger partial charge on any atom is 0.243 e. The number of fused-ring (bicyclic) bond motifs is 1. The molecule has 0 fully saturated rings. The van der Waals surface area contributed by atoms with Gasteiger partial charge in [-0.15, -0.1) is 11.6 Å². The molecule has 1 aliphatic heterocycles. The summed E-state index contributed by atoms with van der Waals surface area (Å²) in [4.78, 5) is 0.169. The number of hydrogen-bond donors (Lipinski definition) is 0. The van der Waals surface area contributed by atoms with Crippen LogP contribution in [-0.4, -0.2) is 44.4 Å². The lowest BCUT2D eigenvalue weighted by molar-refractivity contribution is 0.171. The zero-order valence-corrected chi connectivity index (χ0v) is 13.3. The number of sulfonamides is 1. The summed E-state index contributed by atoms with van der Waals surface area (Å²) in [5.41, 5.74) is -0.673. The number of nitrogens with zero attached hydrogens (tertiary/aromatic N) is 1. The highest BCUT2D eigenvalue weighted by Crippen LogP contribution is 2.34. The van der Waals surface area contributed by atoms with E-state index in [0.29, 0.717) is 24.7 Å². The van der Waals surface area contributed by atoms with Crippen LogP contribution in [0.3, 0.4) is 0 Å². The van der Waals surface area contributed by atoms with Crippen LogP contribution in [0.2, 0.25) is 0 Å². The third kappa shape index (κ3) is 2.73. The van der Waals surface area contributed by atoms with Crippen LogP contribution in [-0.2, 0) is 10.0 Å². The predicted octanol–water partition coefficient (Wildman–Crippen LogP) is 2.10. The summed E-state index contributed by atoms with van der Waals surface area (Å²) < 4.78 is 37.3. The van der Waals surface area contributed by atoms with Crippen LogP contribution in [0.25, 0.3) is 0 Å². The van der Waals surface area contributed by atoms with E-state index >= 15 is 0 Å². The smallest absolute Gasteiger partial charge is 0.243 e. The van der Waals surface area contributed by atoms with Crippen LogP contribution in [0.1, 0.15) is 13.8 Å². The van der Waals surface area contributed by atoms with Crippen LogP contribution >= 0.6 is 11.6 Å². The van der Waals surface area contributed by atoms with E-state index in [1.54, 1.807) is 19.9 Å². The summed E-state index contributed by atoms with van der Waals surface area (Å²) in [6, 6.07) is 4.62. The van der Waals surface area contributed by atoms with Gasteiger partial charge in [-0.25, -0.2) is 8.42 Å². The molecule has 0 saturated carbocycles. The van der Waals surface area contributed by atoms with E-state index in [4.69, 9.17) is 21.1 Å². The van der Waals surface area contributed by atoms with Crippen molar-refractivity contribution in [3.8, 4) is 11.5 Å². The highest BCUT2D eigenvalue weighted by atomic mass is 35.5. The minimum atomic E-state index is -3.63. The van der Waals surface area contributed by atoms with Gasteiger partial charge in [0.15, 0.2) is 11.5 Å². The summed E-state index contributed by atoms with van der Waals surface area (Å²) in [6.07, 6.45) is 0. The van der Waals surface area contributed by atoms with Crippen molar-refractivity contribution < 1.29 is 17.9 Å². The summed E-state index contributed by atoms with van der Waals surface area (Å²) >= 11 is 5.85. The lowest BCUT2D eigenvalue weighted by Crippen LogP contribution is -2.46. The van der Waals surface area contributed by atoms with Gasteiger partial charge in [-0.3, -0.25) is 0 Å². The van der Waals surface area contributed by atoms with Crippen LogP contribution in [0, 0.1) is 0 Å². The van der Waals surface area contributed by atoms with Crippen molar-refractivity contribution in [3.05, 3.63) is 18.2 Å². The molecule has 112 valence electrons. The van der Waals surface area contributed by atoms with Crippen molar-refractivity contribution >= 4 is 21.6 Å². The van der Waals surface area contributed by atoms with Gasteiger partial charge in [0.2, 0.25) is 10.0 Å². The standard InChI is InChI=1S/C13H18ClNO4S/c1-13(2,9-14)15(3)20(16,17)10-4-5-11-12(8-10)19-7-6-18-11/h4-5,8H,6-7,9H2,1-3H3. The van der Waals surface area contributed by atoms with Crippen molar-refractivity contribution in [3.63, 3.8) is 0 Å². The van der Waals surface area contributed by atoms with E-state index in [1.807, 2.05) is 0 Å². The van der Waals surface area contributed by atoms with E-state index < -0.39 is 15.6 Å². The molecule has 0 unspecified atom stereocenters. The first-order valence-corrected chi connectivity index (χ1v) is 8.21. The summed E-state index contributed by atoms with van der Waals surface area (Å²) in [7, 11) is -2.11. The predicted molar refractivity (Wildman–Crippen MR) is 77.2 cm³/mol. The molecule has 0 saturated heterocycles. The normalized spacial score (nSPS) is 15.4. The maximum absolute atomic E-state index is 12.6. The zero-order valence-electron chi connectivity index (χ0n) is 11.7. The molecule has 0 atom stereocenters. The number of benzene rings is 1. The Kier molecular flexibility index (Phi) is 4.18. The summed E-state index contributed by atoms with van der Waals surface area (Å²) in [6.45, 7) is 4.43. The zero-order chi connectivity index (χ0) is 15.0. The molecule has 1 aromatic carbocycles. The molecule has 20 heavy (non-hydrogen) atoms.